The third-order valence-corrected chi connectivity index (χ3v) is 4.69. The molecule has 0 amide bonds. The average molecular weight is 414 g/mol. The summed E-state index contributed by atoms with van der Waals surface area (Å²) in [5.74, 6) is 1.39. The quantitative estimate of drug-likeness (QED) is 0.442. The second-order valence-electron chi connectivity index (χ2n) is 6.24. The summed E-state index contributed by atoms with van der Waals surface area (Å²) in [6.45, 7) is 4.99. The van der Waals surface area contributed by atoms with Gasteiger partial charge in [0.05, 0.1) is 0 Å². The van der Waals surface area contributed by atoms with Gasteiger partial charge in [-0.05, 0) is 36.3 Å². The maximum absolute atomic E-state index is 5.91. The monoisotopic (exact) mass is 414 g/mol. The fourth-order valence-corrected chi connectivity index (χ4v) is 3.05. The summed E-state index contributed by atoms with van der Waals surface area (Å²) in [5, 5.41) is 3.24. The summed E-state index contributed by atoms with van der Waals surface area (Å²) in [4.78, 5) is 6.91. The molecular weight excluding hydrogens is 387 g/mol. The second-order valence-corrected chi connectivity index (χ2v) is 6.24. The zero-order chi connectivity index (χ0) is 14.5. The fourth-order valence-electron chi connectivity index (χ4n) is 3.05. The molecule has 2 aliphatic rings. The van der Waals surface area contributed by atoms with Crippen molar-refractivity contribution in [2.45, 2.75) is 32.2 Å². The van der Waals surface area contributed by atoms with E-state index < -0.39 is 0 Å². The Hall–Kier alpha value is -0.820. The number of hydrogen-bond donors (Lipinski definition) is 2. The van der Waals surface area contributed by atoms with Crippen molar-refractivity contribution in [3.63, 3.8) is 0 Å². The van der Waals surface area contributed by atoms with E-state index in [2.05, 4.69) is 39.5 Å². The van der Waals surface area contributed by atoms with Gasteiger partial charge in [0.25, 0.3) is 0 Å². The van der Waals surface area contributed by atoms with Crippen LogP contribution in [0.1, 0.15) is 30.4 Å². The van der Waals surface area contributed by atoms with Crippen molar-refractivity contribution >= 4 is 29.9 Å². The molecule has 0 unspecified atom stereocenters. The van der Waals surface area contributed by atoms with E-state index in [1.165, 1.54) is 30.4 Å². The number of nitrogens with zero attached hydrogens (tertiary/aromatic N) is 2. The van der Waals surface area contributed by atoms with Crippen molar-refractivity contribution in [1.82, 2.24) is 10.2 Å². The highest BCUT2D eigenvalue weighted by Gasteiger charge is 2.17. The highest BCUT2D eigenvalue weighted by Crippen LogP contribution is 2.26. The van der Waals surface area contributed by atoms with Gasteiger partial charge < -0.3 is 11.1 Å². The van der Waals surface area contributed by atoms with Gasteiger partial charge >= 0.3 is 0 Å². The third kappa shape index (κ3) is 4.84. The molecule has 0 atom stereocenters. The lowest BCUT2D eigenvalue weighted by Gasteiger charge is -2.28. The molecule has 22 heavy (non-hydrogen) atoms. The van der Waals surface area contributed by atoms with E-state index in [1.807, 2.05) is 0 Å². The average Bonchev–Trinajstić information content (AvgIpc) is 2.45. The van der Waals surface area contributed by atoms with Crippen LogP contribution in [0.5, 0.6) is 0 Å². The minimum absolute atomic E-state index is 0. The number of fused-ring (bicyclic) bond motifs is 1. The molecule has 1 heterocycles. The highest BCUT2D eigenvalue weighted by atomic mass is 127. The van der Waals surface area contributed by atoms with Crippen molar-refractivity contribution in [1.29, 1.82) is 0 Å². The first-order valence-corrected chi connectivity index (χ1v) is 8.14. The van der Waals surface area contributed by atoms with E-state index in [4.69, 9.17) is 5.73 Å². The molecular formula is C17H27IN4. The highest BCUT2D eigenvalue weighted by molar-refractivity contribution is 14.0. The Morgan fingerprint density at radius 1 is 1.27 bits per heavy atom. The summed E-state index contributed by atoms with van der Waals surface area (Å²) < 4.78 is 0. The number of hydrogen-bond acceptors (Lipinski definition) is 2. The molecule has 1 aromatic rings. The van der Waals surface area contributed by atoms with Gasteiger partial charge in [-0.25, -0.2) is 0 Å². The second kappa shape index (κ2) is 8.72. The lowest BCUT2D eigenvalue weighted by Crippen LogP contribution is -2.40. The van der Waals surface area contributed by atoms with Crippen LogP contribution in [0, 0.1) is 5.92 Å². The van der Waals surface area contributed by atoms with Crippen LogP contribution < -0.4 is 11.1 Å². The normalized spacial score (nSPS) is 19.0. The largest absolute Gasteiger partial charge is 0.370 e. The van der Waals surface area contributed by atoms with E-state index >= 15 is 0 Å². The van der Waals surface area contributed by atoms with E-state index in [0.29, 0.717) is 5.96 Å². The van der Waals surface area contributed by atoms with Crippen LogP contribution in [-0.4, -0.2) is 37.0 Å². The lowest BCUT2D eigenvalue weighted by atomic mass is 9.86. The van der Waals surface area contributed by atoms with Crippen LogP contribution in [-0.2, 0) is 13.0 Å². The smallest absolute Gasteiger partial charge is 0.188 e. The lowest BCUT2D eigenvalue weighted by molar-refractivity contribution is 0.258. The Kier molecular flexibility index (Phi) is 6.95. The van der Waals surface area contributed by atoms with Gasteiger partial charge in [0.15, 0.2) is 5.96 Å². The molecule has 0 aromatic heterocycles. The number of guanidine groups is 1. The SMILES string of the molecule is I.NC(=NCC1CCC1)NCCN1CCc2ccccc2C1. The fraction of sp³-hybridized carbons (Fsp3) is 0.588. The van der Waals surface area contributed by atoms with Gasteiger partial charge in [0.2, 0.25) is 0 Å². The first-order chi connectivity index (χ1) is 10.3. The van der Waals surface area contributed by atoms with Crippen molar-refractivity contribution < 1.29 is 0 Å². The van der Waals surface area contributed by atoms with Crippen molar-refractivity contribution in [3.8, 4) is 0 Å². The number of halogens is 1. The van der Waals surface area contributed by atoms with Gasteiger partial charge in [-0.2, -0.15) is 0 Å². The summed E-state index contributed by atoms with van der Waals surface area (Å²) in [6, 6.07) is 8.75. The van der Waals surface area contributed by atoms with E-state index in [-0.39, 0.29) is 24.0 Å². The van der Waals surface area contributed by atoms with Crippen LogP contribution >= 0.6 is 24.0 Å². The molecule has 1 aliphatic carbocycles. The molecule has 0 radical (unpaired) electrons. The van der Waals surface area contributed by atoms with Gasteiger partial charge in [-0.15, -0.1) is 24.0 Å². The Bertz CT molecular complexity index is 499. The predicted octanol–water partition coefficient (Wildman–Crippen LogP) is 2.37. The molecule has 1 saturated carbocycles. The Morgan fingerprint density at radius 3 is 2.77 bits per heavy atom. The number of aliphatic imine (C=N–C) groups is 1. The van der Waals surface area contributed by atoms with Crippen molar-refractivity contribution in [3.05, 3.63) is 35.4 Å². The number of nitrogens with one attached hydrogen (secondary N) is 1. The molecule has 4 nitrogen and oxygen atoms in total. The maximum Gasteiger partial charge on any atom is 0.188 e. The molecule has 3 N–H and O–H groups in total. The minimum Gasteiger partial charge on any atom is -0.370 e. The summed E-state index contributed by atoms with van der Waals surface area (Å²) in [5.41, 5.74) is 8.88. The van der Waals surface area contributed by atoms with Crippen LogP contribution in [0.4, 0.5) is 0 Å². The van der Waals surface area contributed by atoms with E-state index in [0.717, 1.165) is 45.1 Å². The molecule has 0 saturated heterocycles. The van der Waals surface area contributed by atoms with Crippen LogP contribution in [0.15, 0.2) is 29.3 Å². The molecule has 1 aromatic carbocycles. The summed E-state index contributed by atoms with van der Waals surface area (Å²) in [6.07, 6.45) is 5.17. The van der Waals surface area contributed by atoms with Crippen LogP contribution in [0.2, 0.25) is 0 Å². The zero-order valence-corrected chi connectivity index (χ0v) is 15.5. The van der Waals surface area contributed by atoms with Gasteiger partial charge in [0.1, 0.15) is 0 Å². The third-order valence-electron chi connectivity index (χ3n) is 4.69. The molecule has 122 valence electrons. The van der Waals surface area contributed by atoms with Crippen molar-refractivity contribution in [2.24, 2.45) is 16.6 Å². The van der Waals surface area contributed by atoms with Gasteiger partial charge in [-0.1, -0.05) is 30.7 Å². The maximum atomic E-state index is 5.91. The molecule has 0 spiro atoms. The van der Waals surface area contributed by atoms with Crippen molar-refractivity contribution in [2.75, 3.05) is 26.2 Å². The first-order valence-electron chi connectivity index (χ1n) is 8.14. The molecule has 5 heteroatoms. The van der Waals surface area contributed by atoms with E-state index in [9.17, 15) is 0 Å². The summed E-state index contributed by atoms with van der Waals surface area (Å²) in [7, 11) is 0. The minimum atomic E-state index is 0. The zero-order valence-electron chi connectivity index (χ0n) is 13.1. The van der Waals surface area contributed by atoms with Crippen LogP contribution in [0.25, 0.3) is 0 Å². The van der Waals surface area contributed by atoms with Gasteiger partial charge in [-0.3, -0.25) is 9.89 Å². The number of rotatable bonds is 5. The Balaban J connectivity index is 0.00000176. The Morgan fingerprint density at radius 2 is 2.05 bits per heavy atom. The predicted molar refractivity (Wildman–Crippen MR) is 103 cm³/mol. The van der Waals surface area contributed by atoms with Gasteiger partial charge in [0, 0.05) is 32.7 Å². The summed E-state index contributed by atoms with van der Waals surface area (Å²) >= 11 is 0. The van der Waals surface area contributed by atoms with Crippen LogP contribution in [0.3, 0.4) is 0 Å². The molecule has 1 fully saturated rings. The molecule has 0 bridgehead atoms. The number of nitrogens with two attached hydrogens (primary N) is 1. The standard InChI is InChI=1S/C17H26N4.HI/c18-17(20-12-14-4-3-5-14)19-9-11-21-10-8-15-6-1-2-7-16(15)13-21;/h1-2,6-7,14H,3-5,8-13H2,(H3,18,19,20);1H. The molecule has 1 aliphatic heterocycles. The first kappa shape index (κ1) is 17.5. The topological polar surface area (TPSA) is 53.6 Å². The number of benzene rings is 1. The molecule has 3 rings (SSSR count). The van der Waals surface area contributed by atoms with E-state index in [1.54, 1.807) is 0 Å². The Labute approximate surface area is 150 Å².